The first-order valence-corrected chi connectivity index (χ1v) is 7.66. The van der Waals surface area contributed by atoms with Gasteiger partial charge in [0.1, 0.15) is 5.82 Å². The summed E-state index contributed by atoms with van der Waals surface area (Å²) in [5.74, 6) is 1.26. The number of aryl methyl sites for hydroxylation is 1. The lowest BCUT2D eigenvalue weighted by Gasteiger charge is -2.13. The number of benzene rings is 1. The molecular weight excluding hydrogens is 321 g/mol. The first-order valence-electron chi connectivity index (χ1n) is 6.90. The van der Waals surface area contributed by atoms with Crippen LogP contribution in [0.2, 0.25) is 10.0 Å². The van der Waals surface area contributed by atoms with Crippen LogP contribution < -0.4 is 10.6 Å². The van der Waals surface area contributed by atoms with Crippen molar-refractivity contribution in [3.8, 4) is 0 Å². The van der Waals surface area contributed by atoms with Crippen LogP contribution >= 0.6 is 23.2 Å². The lowest BCUT2D eigenvalue weighted by molar-refractivity contribution is 0.425. The fourth-order valence-corrected chi connectivity index (χ4v) is 2.17. The molecule has 0 radical (unpaired) electrons. The molecule has 1 aromatic heterocycles. The second-order valence-electron chi connectivity index (χ2n) is 5.20. The number of halogens is 2. The zero-order valence-electron chi connectivity index (χ0n) is 12.8. The van der Waals surface area contributed by atoms with Gasteiger partial charge in [0.2, 0.25) is 5.95 Å². The van der Waals surface area contributed by atoms with E-state index in [0.717, 1.165) is 24.6 Å². The molecular formula is C15H19Cl2N5. The Balaban J connectivity index is 2.13. The molecule has 0 aliphatic carbocycles. The molecule has 0 saturated carbocycles. The average Bonchev–Trinajstić information content (AvgIpc) is 2.42. The van der Waals surface area contributed by atoms with E-state index in [-0.39, 0.29) is 0 Å². The second-order valence-corrected chi connectivity index (χ2v) is 6.04. The third-order valence-electron chi connectivity index (χ3n) is 2.89. The van der Waals surface area contributed by atoms with Crippen LogP contribution in [0.25, 0.3) is 0 Å². The molecule has 0 atom stereocenters. The van der Waals surface area contributed by atoms with Crippen molar-refractivity contribution in [2.24, 2.45) is 0 Å². The molecule has 1 aromatic carbocycles. The highest BCUT2D eigenvalue weighted by Gasteiger charge is 2.06. The van der Waals surface area contributed by atoms with E-state index in [4.69, 9.17) is 23.2 Å². The van der Waals surface area contributed by atoms with Gasteiger partial charge in [-0.3, -0.25) is 0 Å². The molecule has 22 heavy (non-hydrogen) atoms. The summed E-state index contributed by atoms with van der Waals surface area (Å²) < 4.78 is 0. The van der Waals surface area contributed by atoms with Crippen LogP contribution in [0.4, 0.5) is 17.5 Å². The second kappa shape index (κ2) is 7.63. The molecule has 0 aliphatic heterocycles. The number of nitrogens with zero attached hydrogens (tertiary/aromatic N) is 3. The van der Waals surface area contributed by atoms with E-state index < -0.39 is 0 Å². The normalized spacial score (nSPS) is 10.8. The molecule has 2 rings (SSSR count). The summed E-state index contributed by atoms with van der Waals surface area (Å²) in [4.78, 5) is 10.9. The van der Waals surface area contributed by atoms with Crippen LogP contribution in [-0.2, 0) is 0 Å². The van der Waals surface area contributed by atoms with Gasteiger partial charge >= 0.3 is 0 Å². The van der Waals surface area contributed by atoms with Gasteiger partial charge in [-0.2, -0.15) is 4.98 Å². The van der Waals surface area contributed by atoms with E-state index in [1.807, 2.05) is 27.1 Å². The third-order valence-corrected chi connectivity index (χ3v) is 3.46. The number of aromatic nitrogens is 2. The van der Waals surface area contributed by atoms with E-state index in [1.54, 1.807) is 18.2 Å². The Morgan fingerprint density at radius 1 is 1.14 bits per heavy atom. The van der Waals surface area contributed by atoms with Crippen LogP contribution in [-0.4, -0.2) is 42.1 Å². The molecule has 0 unspecified atom stereocenters. The highest BCUT2D eigenvalue weighted by molar-refractivity contribution is 6.35. The quantitative estimate of drug-likeness (QED) is 0.838. The summed E-state index contributed by atoms with van der Waals surface area (Å²) in [6, 6.07) is 7.12. The SMILES string of the molecule is Cc1cc(NCCN(C)C)nc(Nc2cc(Cl)ccc2Cl)n1. The van der Waals surface area contributed by atoms with Gasteiger partial charge in [0, 0.05) is 29.9 Å². The Labute approximate surface area is 140 Å². The maximum absolute atomic E-state index is 6.15. The number of rotatable bonds is 6. The topological polar surface area (TPSA) is 53.1 Å². The summed E-state index contributed by atoms with van der Waals surface area (Å²) in [7, 11) is 4.06. The third kappa shape index (κ3) is 5.02. The van der Waals surface area contributed by atoms with Crippen molar-refractivity contribution in [1.29, 1.82) is 0 Å². The molecule has 0 bridgehead atoms. The minimum absolute atomic E-state index is 0.483. The van der Waals surface area contributed by atoms with Gasteiger partial charge in [0.15, 0.2) is 0 Å². The van der Waals surface area contributed by atoms with Gasteiger partial charge in [-0.25, -0.2) is 4.98 Å². The fourth-order valence-electron chi connectivity index (χ4n) is 1.84. The molecule has 118 valence electrons. The Morgan fingerprint density at radius 2 is 1.91 bits per heavy atom. The Kier molecular flexibility index (Phi) is 5.83. The van der Waals surface area contributed by atoms with Crippen molar-refractivity contribution in [2.45, 2.75) is 6.92 Å². The molecule has 2 N–H and O–H groups in total. The van der Waals surface area contributed by atoms with E-state index in [1.165, 1.54) is 0 Å². The predicted molar refractivity (Wildman–Crippen MR) is 93.6 cm³/mol. The van der Waals surface area contributed by atoms with E-state index in [2.05, 4.69) is 25.5 Å². The smallest absolute Gasteiger partial charge is 0.229 e. The largest absolute Gasteiger partial charge is 0.369 e. The monoisotopic (exact) mass is 339 g/mol. The highest BCUT2D eigenvalue weighted by atomic mass is 35.5. The number of anilines is 3. The zero-order valence-corrected chi connectivity index (χ0v) is 14.3. The van der Waals surface area contributed by atoms with Crippen LogP contribution in [0.15, 0.2) is 24.3 Å². The van der Waals surface area contributed by atoms with Crippen molar-refractivity contribution >= 4 is 40.7 Å². The maximum Gasteiger partial charge on any atom is 0.229 e. The first kappa shape index (κ1) is 16.8. The van der Waals surface area contributed by atoms with Crippen LogP contribution in [0, 0.1) is 6.92 Å². The van der Waals surface area contributed by atoms with Crippen LogP contribution in [0.1, 0.15) is 5.69 Å². The van der Waals surface area contributed by atoms with Gasteiger partial charge < -0.3 is 15.5 Å². The molecule has 1 heterocycles. The molecule has 2 aromatic rings. The number of likely N-dealkylation sites (N-methyl/N-ethyl adjacent to an activating group) is 1. The predicted octanol–water partition coefficient (Wildman–Crippen LogP) is 3.81. The average molecular weight is 340 g/mol. The summed E-state index contributed by atoms with van der Waals surface area (Å²) in [5.41, 5.74) is 1.54. The molecule has 0 fully saturated rings. The minimum Gasteiger partial charge on any atom is -0.369 e. The lowest BCUT2D eigenvalue weighted by atomic mass is 10.3. The molecule has 0 amide bonds. The van der Waals surface area contributed by atoms with Gasteiger partial charge in [0.25, 0.3) is 0 Å². The minimum atomic E-state index is 0.483. The Morgan fingerprint density at radius 3 is 2.64 bits per heavy atom. The zero-order chi connectivity index (χ0) is 16.1. The molecule has 0 saturated heterocycles. The fraction of sp³-hybridized carbons (Fsp3) is 0.333. The maximum atomic E-state index is 6.15. The van der Waals surface area contributed by atoms with E-state index >= 15 is 0 Å². The van der Waals surface area contributed by atoms with Gasteiger partial charge in [-0.05, 0) is 39.2 Å². The van der Waals surface area contributed by atoms with Crippen molar-refractivity contribution in [3.63, 3.8) is 0 Å². The number of nitrogens with one attached hydrogen (secondary N) is 2. The van der Waals surface area contributed by atoms with Gasteiger partial charge in [0.05, 0.1) is 10.7 Å². The standard InChI is InChI=1S/C15H19Cl2N5/c1-10-8-14(18-6-7-22(2)3)21-15(19-10)20-13-9-11(16)4-5-12(13)17/h4-5,8-9H,6-7H2,1-3H3,(H2,18,19,20,21). The number of hydrogen-bond acceptors (Lipinski definition) is 5. The van der Waals surface area contributed by atoms with Crippen molar-refractivity contribution in [2.75, 3.05) is 37.8 Å². The summed E-state index contributed by atoms with van der Waals surface area (Å²) in [6.07, 6.45) is 0. The Bertz CT molecular complexity index is 646. The first-order chi connectivity index (χ1) is 10.4. The summed E-state index contributed by atoms with van der Waals surface area (Å²) >= 11 is 12.1. The van der Waals surface area contributed by atoms with Crippen LogP contribution in [0.5, 0.6) is 0 Å². The molecule has 0 spiro atoms. The lowest BCUT2D eigenvalue weighted by Crippen LogP contribution is -2.21. The van der Waals surface area contributed by atoms with Crippen molar-refractivity contribution in [3.05, 3.63) is 40.0 Å². The molecule has 7 heteroatoms. The van der Waals surface area contributed by atoms with Crippen molar-refractivity contribution < 1.29 is 0 Å². The highest BCUT2D eigenvalue weighted by Crippen LogP contribution is 2.27. The Hall–Kier alpha value is -1.56. The molecule has 5 nitrogen and oxygen atoms in total. The van der Waals surface area contributed by atoms with Crippen LogP contribution in [0.3, 0.4) is 0 Å². The summed E-state index contributed by atoms with van der Waals surface area (Å²) in [5, 5.41) is 7.55. The van der Waals surface area contributed by atoms with Gasteiger partial charge in [-0.1, -0.05) is 23.2 Å². The van der Waals surface area contributed by atoms with Gasteiger partial charge in [-0.15, -0.1) is 0 Å². The van der Waals surface area contributed by atoms with Crippen molar-refractivity contribution in [1.82, 2.24) is 14.9 Å². The van der Waals surface area contributed by atoms with E-state index in [9.17, 15) is 0 Å². The summed E-state index contributed by atoms with van der Waals surface area (Å²) in [6.45, 7) is 3.65. The van der Waals surface area contributed by atoms with E-state index in [0.29, 0.717) is 21.7 Å². The number of hydrogen-bond donors (Lipinski definition) is 2. The molecule has 0 aliphatic rings.